The van der Waals surface area contributed by atoms with Crippen LogP contribution in [0.25, 0.3) is 0 Å². The molecule has 0 radical (unpaired) electrons. The number of aliphatic carboxylic acids is 1. The van der Waals surface area contributed by atoms with Gasteiger partial charge in [0.15, 0.2) is 6.61 Å². The number of carbonyl (C=O) groups excluding carboxylic acids is 1. The highest BCUT2D eigenvalue weighted by Crippen LogP contribution is 2.31. The van der Waals surface area contributed by atoms with E-state index >= 15 is 0 Å². The van der Waals surface area contributed by atoms with E-state index in [-0.39, 0.29) is 11.9 Å². The molecule has 1 amide bonds. The van der Waals surface area contributed by atoms with Crippen molar-refractivity contribution in [2.75, 3.05) is 31.1 Å². The highest BCUT2D eigenvalue weighted by molar-refractivity contribution is 5.79. The van der Waals surface area contributed by atoms with Crippen LogP contribution in [0.2, 0.25) is 0 Å². The van der Waals surface area contributed by atoms with Crippen molar-refractivity contribution in [3.63, 3.8) is 0 Å². The molecule has 0 aromatic heterocycles. The predicted molar refractivity (Wildman–Crippen MR) is 108 cm³/mol. The topological polar surface area (TPSA) is 93.9 Å². The van der Waals surface area contributed by atoms with E-state index in [1.54, 1.807) is 18.2 Å². The van der Waals surface area contributed by atoms with Crippen molar-refractivity contribution in [3.8, 4) is 11.8 Å². The maximum atomic E-state index is 12.7. The minimum absolute atomic E-state index is 0.0296. The minimum atomic E-state index is -1.06. The van der Waals surface area contributed by atoms with Crippen LogP contribution in [0.3, 0.4) is 0 Å². The van der Waals surface area contributed by atoms with E-state index in [4.69, 9.17) is 9.84 Å². The molecule has 0 aliphatic carbocycles. The first-order chi connectivity index (χ1) is 14.0. The molecule has 0 spiro atoms. The van der Waals surface area contributed by atoms with Gasteiger partial charge in [-0.2, -0.15) is 5.26 Å². The second kappa shape index (κ2) is 9.11. The molecule has 1 heterocycles. The second-order valence-corrected chi connectivity index (χ2v) is 7.02. The molecular formula is C22H23N3O4. The van der Waals surface area contributed by atoms with Crippen LogP contribution in [-0.2, 0) is 16.0 Å². The fourth-order valence-electron chi connectivity index (χ4n) is 3.51. The van der Waals surface area contributed by atoms with E-state index in [0.717, 1.165) is 5.56 Å². The average molecular weight is 393 g/mol. The fourth-order valence-corrected chi connectivity index (χ4v) is 3.51. The van der Waals surface area contributed by atoms with Crippen molar-refractivity contribution < 1.29 is 19.4 Å². The summed E-state index contributed by atoms with van der Waals surface area (Å²) in [5.41, 5.74) is 2.13. The third kappa shape index (κ3) is 5.05. The van der Waals surface area contributed by atoms with Crippen molar-refractivity contribution in [1.29, 1.82) is 5.26 Å². The monoisotopic (exact) mass is 393 g/mol. The molecular weight excluding hydrogens is 370 g/mol. The van der Waals surface area contributed by atoms with Gasteiger partial charge in [0.05, 0.1) is 23.7 Å². The number of amides is 1. The first kappa shape index (κ1) is 20.2. The first-order valence-corrected chi connectivity index (χ1v) is 9.45. The van der Waals surface area contributed by atoms with Gasteiger partial charge in [0.25, 0.3) is 0 Å². The molecule has 0 saturated carbocycles. The number of piperazine rings is 1. The molecule has 0 unspecified atom stereocenters. The van der Waals surface area contributed by atoms with Crippen molar-refractivity contribution in [2.45, 2.75) is 19.4 Å². The van der Waals surface area contributed by atoms with E-state index in [0.29, 0.717) is 43.1 Å². The van der Waals surface area contributed by atoms with Crippen LogP contribution in [0.15, 0.2) is 48.5 Å². The van der Waals surface area contributed by atoms with Gasteiger partial charge in [-0.3, -0.25) is 4.79 Å². The number of rotatable bonds is 6. The van der Waals surface area contributed by atoms with Gasteiger partial charge in [-0.1, -0.05) is 30.3 Å². The number of anilines is 1. The van der Waals surface area contributed by atoms with E-state index < -0.39 is 12.6 Å². The third-order valence-electron chi connectivity index (χ3n) is 4.93. The van der Waals surface area contributed by atoms with Gasteiger partial charge in [-0.05, 0) is 30.7 Å². The van der Waals surface area contributed by atoms with Gasteiger partial charge in [-0.25, -0.2) is 4.79 Å². The van der Waals surface area contributed by atoms with Gasteiger partial charge in [0.2, 0.25) is 5.91 Å². The number of hydrogen-bond acceptors (Lipinski definition) is 5. The molecule has 1 aliphatic rings. The van der Waals surface area contributed by atoms with Crippen LogP contribution >= 0.6 is 0 Å². The highest BCUT2D eigenvalue weighted by Gasteiger charge is 2.29. The summed E-state index contributed by atoms with van der Waals surface area (Å²) in [5.74, 6) is -0.566. The van der Waals surface area contributed by atoms with Gasteiger partial charge in [0, 0.05) is 25.7 Å². The molecule has 1 atom stereocenters. The van der Waals surface area contributed by atoms with Gasteiger partial charge >= 0.3 is 5.97 Å². The standard InChI is InChI=1S/C22H23N3O4/c1-16-14-24(9-10-25(16)21(26)12-17-5-3-2-4-6-17)19-11-18(13-23)7-8-20(19)29-15-22(27)28/h2-8,11,16H,9-10,12,14-15H2,1H3,(H,27,28)/t16-/m0/s1. The van der Waals surface area contributed by atoms with Crippen LogP contribution in [0, 0.1) is 11.3 Å². The molecule has 1 N–H and O–H groups in total. The van der Waals surface area contributed by atoms with E-state index in [1.807, 2.05) is 47.1 Å². The van der Waals surface area contributed by atoms with Gasteiger partial charge in [0.1, 0.15) is 5.75 Å². The Morgan fingerprint density at radius 3 is 2.62 bits per heavy atom. The quantitative estimate of drug-likeness (QED) is 0.809. The van der Waals surface area contributed by atoms with Gasteiger partial charge in [-0.15, -0.1) is 0 Å². The summed E-state index contributed by atoms with van der Waals surface area (Å²) in [6.07, 6.45) is 0.363. The molecule has 1 saturated heterocycles. The summed E-state index contributed by atoms with van der Waals surface area (Å²) in [7, 11) is 0. The minimum Gasteiger partial charge on any atom is -0.480 e. The van der Waals surface area contributed by atoms with E-state index in [1.165, 1.54) is 0 Å². The Balaban J connectivity index is 1.72. The molecule has 3 rings (SSSR count). The van der Waals surface area contributed by atoms with Crippen LogP contribution in [-0.4, -0.2) is 54.2 Å². The largest absolute Gasteiger partial charge is 0.480 e. The fraction of sp³-hybridized carbons (Fsp3) is 0.318. The Morgan fingerprint density at radius 2 is 1.97 bits per heavy atom. The molecule has 0 bridgehead atoms. The Hall–Kier alpha value is -3.53. The maximum Gasteiger partial charge on any atom is 0.341 e. The Kier molecular flexibility index (Phi) is 6.35. The van der Waals surface area contributed by atoms with Crippen LogP contribution in [0.4, 0.5) is 5.69 Å². The molecule has 2 aromatic carbocycles. The van der Waals surface area contributed by atoms with Crippen molar-refractivity contribution in [3.05, 3.63) is 59.7 Å². The number of carboxylic acids is 1. The number of carboxylic acid groups (broad SMARTS) is 1. The normalized spacial score (nSPS) is 16.2. The average Bonchev–Trinajstić information content (AvgIpc) is 2.72. The van der Waals surface area contributed by atoms with Crippen LogP contribution in [0.5, 0.6) is 5.75 Å². The number of nitrogens with zero attached hydrogens (tertiary/aromatic N) is 3. The zero-order valence-electron chi connectivity index (χ0n) is 16.2. The molecule has 29 heavy (non-hydrogen) atoms. The van der Waals surface area contributed by atoms with E-state index in [2.05, 4.69) is 6.07 Å². The van der Waals surface area contributed by atoms with Crippen molar-refractivity contribution >= 4 is 17.6 Å². The lowest BCUT2D eigenvalue weighted by atomic mass is 10.1. The number of hydrogen-bond donors (Lipinski definition) is 1. The number of benzene rings is 2. The molecule has 150 valence electrons. The van der Waals surface area contributed by atoms with Crippen LogP contribution < -0.4 is 9.64 Å². The smallest absolute Gasteiger partial charge is 0.341 e. The Bertz CT molecular complexity index is 923. The number of ether oxygens (including phenoxy) is 1. The van der Waals surface area contributed by atoms with E-state index in [9.17, 15) is 14.9 Å². The third-order valence-corrected chi connectivity index (χ3v) is 4.93. The first-order valence-electron chi connectivity index (χ1n) is 9.45. The zero-order chi connectivity index (χ0) is 20.8. The lowest BCUT2D eigenvalue weighted by molar-refractivity contribution is -0.139. The SMILES string of the molecule is C[C@H]1CN(c2cc(C#N)ccc2OCC(=O)O)CCN1C(=O)Cc1ccccc1. The van der Waals surface area contributed by atoms with Crippen LogP contribution in [0.1, 0.15) is 18.1 Å². The maximum absolute atomic E-state index is 12.7. The highest BCUT2D eigenvalue weighted by atomic mass is 16.5. The lowest BCUT2D eigenvalue weighted by Crippen LogP contribution is -2.54. The van der Waals surface area contributed by atoms with Crippen molar-refractivity contribution in [1.82, 2.24) is 4.90 Å². The predicted octanol–water partition coefficient (Wildman–Crippen LogP) is 2.30. The molecule has 1 aliphatic heterocycles. The molecule has 2 aromatic rings. The summed E-state index contributed by atoms with van der Waals surface area (Å²) < 4.78 is 5.41. The summed E-state index contributed by atoms with van der Waals surface area (Å²) in [5, 5.41) is 18.1. The zero-order valence-corrected chi connectivity index (χ0v) is 16.2. The molecule has 1 fully saturated rings. The summed E-state index contributed by atoms with van der Waals surface area (Å²) in [6.45, 7) is 3.22. The molecule has 7 nitrogen and oxygen atoms in total. The summed E-state index contributed by atoms with van der Waals surface area (Å²) in [4.78, 5) is 27.5. The van der Waals surface area contributed by atoms with Crippen molar-refractivity contribution in [2.24, 2.45) is 0 Å². The lowest BCUT2D eigenvalue weighted by Gasteiger charge is -2.41. The number of nitriles is 1. The Labute approximate surface area is 169 Å². The second-order valence-electron chi connectivity index (χ2n) is 7.02. The summed E-state index contributed by atoms with van der Waals surface area (Å²) in [6, 6.07) is 16.6. The molecule has 7 heteroatoms. The summed E-state index contributed by atoms with van der Waals surface area (Å²) >= 11 is 0. The number of carbonyl (C=O) groups is 2. The van der Waals surface area contributed by atoms with Gasteiger partial charge < -0.3 is 19.6 Å². The Morgan fingerprint density at radius 1 is 1.21 bits per heavy atom.